The Morgan fingerprint density at radius 1 is 0.233 bits per heavy atom. The average Bonchev–Trinajstić information content (AvgIpc) is 1.57. The molecule has 20 rings (SSSR count). The summed E-state index contributed by atoms with van der Waals surface area (Å²) < 4.78 is 0. The Morgan fingerprint density at radius 2 is 0.767 bits per heavy atom. The predicted octanol–water partition coefficient (Wildman–Crippen LogP) is 21.8. The molecule has 0 amide bonds. The summed E-state index contributed by atoms with van der Waals surface area (Å²) in [5, 5.41) is 18.5. The summed E-state index contributed by atoms with van der Waals surface area (Å²) in [5.41, 5.74) is 22.0. The van der Waals surface area contributed by atoms with Crippen LogP contribution in [0.3, 0.4) is 0 Å². The van der Waals surface area contributed by atoms with E-state index in [0.717, 1.165) is 49.2 Å². The van der Waals surface area contributed by atoms with Gasteiger partial charge in [0.2, 0.25) is 0 Å². The number of aromatic nitrogens is 6. The number of hydrogen-bond acceptors (Lipinski definition) is 6. The molecule has 0 N–H and O–H groups in total. The SMILES string of the molecule is c1cc(-c2ccc3ccccc3c2)cc(-c2cnc3ccc(-c4ccc5c6c(cccc46)-c4c-5ccc5ccccc45)cc3c2)c1.c1cnc2c(c1)ccc1ccc(-c3ncnc(-c4ccc5c6c(cccc46)-c4c-5c5ccccc5c5ccccc45)n3)nc12. The van der Waals surface area contributed by atoms with Crippen molar-refractivity contribution < 1.29 is 0 Å². The monoisotopic (exact) mass is 1140 g/mol. The first-order chi connectivity index (χ1) is 44.6. The van der Waals surface area contributed by atoms with Gasteiger partial charge in [-0.25, -0.2) is 19.9 Å². The van der Waals surface area contributed by atoms with Crippen LogP contribution in [0.25, 0.3) is 198 Å². The van der Waals surface area contributed by atoms with E-state index in [1.165, 1.54) is 132 Å². The lowest BCUT2D eigenvalue weighted by Crippen LogP contribution is -1.98. The van der Waals surface area contributed by atoms with Crippen LogP contribution in [0.1, 0.15) is 0 Å². The van der Waals surface area contributed by atoms with Crippen LogP contribution in [0.2, 0.25) is 0 Å². The van der Waals surface area contributed by atoms with Gasteiger partial charge in [-0.15, -0.1) is 0 Å². The van der Waals surface area contributed by atoms with Gasteiger partial charge in [-0.2, -0.15) is 0 Å². The molecule has 6 nitrogen and oxygen atoms in total. The Labute approximate surface area is 516 Å². The zero-order chi connectivity index (χ0) is 59.0. The molecule has 0 saturated heterocycles. The van der Waals surface area contributed by atoms with E-state index in [2.05, 4.69) is 276 Å². The molecule has 0 spiro atoms. The molecule has 2 aliphatic carbocycles. The van der Waals surface area contributed by atoms with E-state index in [1.807, 2.05) is 18.3 Å². The molecule has 14 aromatic carbocycles. The molecule has 0 fully saturated rings. The molecule has 0 bridgehead atoms. The van der Waals surface area contributed by atoms with Crippen molar-refractivity contribution in [2.75, 3.05) is 0 Å². The Morgan fingerprint density at radius 3 is 1.59 bits per heavy atom. The molecular weight excluding hydrogens is 1090 g/mol. The van der Waals surface area contributed by atoms with Crippen molar-refractivity contribution >= 4 is 97.3 Å². The van der Waals surface area contributed by atoms with E-state index >= 15 is 0 Å². The number of hydrogen-bond donors (Lipinski definition) is 0. The van der Waals surface area contributed by atoms with Crippen molar-refractivity contribution in [3.05, 3.63) is 292 Å². The maximum Gasteiger partial charge on any atom is 0.181 e. The third-order valence-corrected chi connectivity index (χ3v) is 18.8. The second-order valence-electron chi connectivity index (χ2n) is 23.6. The van der Waals surface area contributed by atoms with Gasteiger partial charge in [0, 0.05) is 39.7 Å². The van der Waals surface area contributed by atoms with Gasteiger partial charge in [0.05, 0.1) is 16.6 Å². The fourth-order valence-electron chi connectivity index (χ4n) is 14.7. The second-order valence-corrected chi connectivity index (χ2v) is 23.6. The van der Waals surface area contributed by atoms with E-state index in [0.29, 0.717) is 17.3 Å². The van der Waals surface area contributed by atoms with Crippen LogP contribution in [0.4, 0.5) is 0 Å². The number of nitrogens with zero attached hydrogens (tertiary/aromatic N) is 6. The van der Waals surface area contributed by atoms with Crippen LogP contribution in [-0.4, -0.2) is 29.9 Å². The molecule has 90 heavy (non-hydrogen) atoms. The molecule has 18 aromatic rings. The van der Waals surface area contributed by atoms with Crippen LogP contribution in [0.15, 0.2) is 292 Å². The largest absolute Gasteiger partial charge is 0.256 e. The molecular formula is C84H48N6. The third-order valence-electron chi connectivity index (χ3n) is 18.8. The number of rotatable bonds is 5. The van der Waals surface area contributed by atoms with Crippen molar-refractivity contribution in [2.24, 2.45) is 0 Å². The zero-order valence-corrected chi connectivity index (χ0v) is 48.4. The van der Waals surface area contributed by atoms with Crippen molar-refractivity contribution in [3.8, 4) is 101 Å². The highest BCUT2D eigenvalue weighted by Gasteiger charge is 2.29. The van der Waals surface area contributed by atoms with Crippen LogP contribution in [-0.2, 0) is 0 Å². The summed E-state index contributed by atoms with van der Waals surface area (Å²) in [6.45, 7) is 0. The average molecular weight is 1140 g/mol. The highest BCUT2D eigenvalue weighted by Crippen LogP contribution is 2.55. The standard InChI is InChI=1S/C45H27N.C39H21N5/c1-2-9-30-23-33(16-15-28(30)7-1)31-10-5-11-32(24-31)36-26-35-25-34(18-22-43(35)46-27-36)37-20-21-41-40-19-17-29-8-3-4-12-38(29)44(40)42-14-6-13-39(37)45(41)42;1-3-10-26-24(8-1)25-9-2-4-11-27(25)35-31-18-17-29(28-12-5-13-30(33(28)31)34(26)35)38-41-21-42-39(44-38)32-19-16-23-15-14-22-7-6-20-40-36(22)37(23)43-32/h1-27H;1-21H. The van der Waals surface area contributed by atoms with Crippen LogP contribution >= 0.6 is 0 Å². The molecule has 2 aliphatic rings. The van der Waals surface area contributed by atoms with Gasteiger partial charge in [0.1, 0.15) is 12.0 Å². The van der Waals surface area contributed by atoms with Gasteiger partial charge in [0.25, 0.3) is 0 Å². The molecule has 0 radical (unpaired) electrons. The first-order valence-corrected chi connectivity index (χ1v) is 30.5. The summed E-state index contributed by atoms with van der Waals surface area (Å²) in [7, 11) is 0. The van der Waals surface area contributed by atoms with E-state index in [-0.39, 0.29) is 0 Å². The van der Waals surface area contributed by atoms with Crippen LogP contribution in [0, 0.1) is 0 Å². The first kappa shape index (κ1) is 50.1. The predicted molar refractivity (Wildman–Crippen MR) is 373 cm³/mol. The maximum atomic E-state index is 4.98. The molecule has 0 saturated carbocycles. The lowest BCUT2D eigenvalue weighted by Gasteiger charge is -2.13. The summed E-state index contributed by atoms with van der Waals surface area (Å²) in [5.74, 6) is 1.16. The van der Waals surface area contributed by atoms with Crippen LogP contribution < -0.4 is 0 Å². The summed E-state index contributed by atoms with van der Waals surface area (Å²) in [6, 6.07) is 98.3. The molecule has 4 aromatic heterocycles. The molecule has 4 heterocycles. The summed E-state index contributed by atoms with van der Waals surface area (Å²) in [6.07, 6.45) is 5.39. The molecule has 0 unspecified atom stereocenters. The van der Waals surface area contributed by atoms with Gasteiger partial charge < -0.3 is 0 Å². The van der Waals surface area contributed by atoms with E-state index in [9.17, 15) is 0 Å². The Kier molecular flexibility index (Phi) is 11.0. The van der Waals surface area contributed by atoms with Gasteiger partial charge in [0.15, 0.2) is 11.6 Å². The van der Waals surface area contributed by atoms with Gasteiger partial charge in [-0.1, -0.05) is 224 Å². The maximum absolute atomic E-state index is 4.98. The van der Waals surface area contributed by atoms with Gasteiger partial charge >= 0.3 is 0 Å². The third kappa shape index (κ3) is 7.71. The molecule has 414 valence electrons. The van der Waals surface area contributed by atoms with Gasteiger partial charge in [-0.05, 0) is 185 Å². The van der Waals surface area contributed by atoms with Crippen LogP contribution in [0.5, 0.6) is 0 Å². The number of benzene rings is 14. The van der Waals surface area contributed by atoms with Crippen molar-refractivity contribution in [1.29, 1.82) is 0 Å². The number of pyridine rings is 3. The Balaban J connectivity index is 0.000000130. The Bertz CT molecular complexity index is 6060. The van der Waals surface area contributed by atoms with E-state index in [4.69, 9.17) is 15.0 Å². The summed E-state index contributed by atoms with van der Waals surface area (Å²) in [4.78, 5) is 28.7. The first-order valence-electron chi connectivity index (χ1n) is 30.5. The van der Waals surface area contributed by atoms with E-state index in [1.54, 1.807) is 12.5 Å². The minimum atomic E-state index is 0.536. The Hall–Kier alpha value is -12.1. The van der Waals surface area contributed by atoms with Crippen molar-refractivity contribution in [3.63, 3.8) is 0 Å². The fraction of sp³-hybridized carbons (Fsp3) is 0. The highest BCUT2D eigenvalue weighted by molar-refractivity contribution is 6.31. The van der Waals surface area contributed by atoms with E-state index < -0.39 is 0 Å². The summed E-state index contributed by atoms with van der Waals surface area (Å²) >= 11 is 0. The quantitative estimate of drug-likeness (QED) is 0.160. The molecule has 6 heteroatoms. The fourth-order valence-corrected chi connectivity index (χ4v) is 14.7. The van der Waals surface area contributed by atoms with Gasteiger partial charge in [-0.3, -0.25) is 9.97 Å². The smallest absolute Gasteiger partial charge is 0.181 e. The molecule has 0 atom stereocenters. The lowest BCUT2D eigenvalue weighted by atomic mass is 9.90. The zero-order valence-electron chi connectivity index (χ0n) is 48.4. The minimum absolute atomic E-state index is 0.536. The highest BCUT2D eigenvalue weighted by atomic mass is 15.0. The lowest BCUT2D eigenvalue weighted by molar-refractivity contribution is 1.06. The topological polar surface area (TPSA) is 77.3 Å². The second kappa shape index (κ2) is 19.7. The number of fused-ring (bicyclic) bond motifs is 18. The minimum Gasteiger partial charge on any atom is -0.256 e. The van der Waals surface area contributed by atoms with Crippen molar-refractivity contribution in [1.82, 2.24) is 29.9 Å². The molecule has 0 aliphatic heterocycles. The van der Waals surface area contributed by atoms with Crippen molar-refractivity contribution in [2.45, 2.75) is 0 Å². The normalized spacial score (nSPS) is 12.0.